The van der Waals surface area contributed by atoms with Crippen LogP contribution in [0.5, 0.6) is 0 Å². The molecule has 0 aliphatic carbocycles. The lowest BCUT2D eigenvalue weighted by molar-refractivity contribution is 0.498. The summed E-state index contributed by atoms with van der Waals surface area (Å²) in [4.78, 5) is 0.146. The third kappa shape index (κ3) is 3.86. The molecule has 0 saturated carbocycles. The maximum absolute atomic E-state index is 13.4. The van der Waals surface area contributed by atoms with Gasteiger partial charge in [0, 0.05) is 6.54 Å². The van der Waals surface area contributed by atoms with Crippen molar-refractivity contribution in [1.82, 2.24) is 4.72 Å². The number of aryl methyl sites for hydroxylation is 1. The SMILES string of the molecule is Cc1ccc(S(=O)(=O)NCCc2cccc(F)c2F)cc1. The van der Waals surface area contributed by atoms with Crippen LogP contribution in [0.4, 0.5) is 8.78 Å². The fourth-order valence-corrected chi connectivity index (χ4v) is 2.89. The van der Waals surface area contributed by atoms with Gasteiger partial charge in [-0.3, -0.25) is 0 Å². The number of hydrogen-bond donors (Lipinski definition) is 1. The van der Waals surface area contributed by atoms with E-state index in [9.17, 15) is 17.2 Å². The fourth-order valence-electron chi connectivity index (χ4n) is 1.86. The molecule has 0 saturated heterocycles. The van der Waals surface area contributed by atoms with Gasteiger partial charge in [0.2, 0.25) is 10.0 Å². The van der Waals surface area contributed by atoms with Gasteiger partial charge in [-0.1, -0.05) is 29.8 Å². The van der Waals surface area contributed by atoms with Crippen LogP contribution in [0.15, 0.2) is 47.4 Å². The second-order valence-electron chi connectivity index (χ2n) is 4.67. The molecule has 0 unspecified atom stereocenters. The van der Waals surface area contributed by atoms with E-state index in [0.717, 1.165) is 11.6 Å². The van der Waals surface area contributed by atoms with Crippen molar-refractivity contribution in [2.45, 2.75) is 18.2 Å². The Morgan fingerprint density at radius 3 is 2.38 bits per heavy atom. The Bertz CT molecular complexity index is 728. The molecule has 2 aromatic carbocycles. The molecule has 6 heteroatoms. The summed E-state index contributed by atoms with van der Waals surface area (Å²) in [6.45, 7) is 1.85. The minimum atomic E-state index is -3.64. The van der Waals surface area contributed by atoms with Gasteiger partial charge in [0.15, 0.2) is 11.6 Å². The maximum atomic E-state index is 13.4. The van der Waals surface area contributed by atoms with Crippen LogP contribution in [0, 0.1) is 18.6 Å². The molecule has 0 spiro atoms. The highest BCUT2D eigenvalue weighted by atomic mass is 32.2. The van der Waals surface area contributed by atoms with Crippen LogP contribution in [0.25, 0.3) is 0 Å². The van der Waals surface area contributed by atoms with Crippen molar-refractivity contribution in [2.24, 2.45) is 0 Å². The average molecular weight is 311 g/mol. The summed E-state index contributed by atoms with van der Waals surface area (Å²) >= 11 is 0. The van der Waals surface area contributed by atoms with Gasteiger partial charge in [0.25, 0.3) is 0 Å². The van der Waals surface area contributed by atoms with Gasteiger partial charge >= 0.3 is 0 Å². The summed E-state index contributed by atoms with van der Waals surface area (Å²) in [7, 11) is -3.64. The minimum Gasteiger partial charge on any atom is -0.211 e. The third-order valence-corrected chi connectivity index (χ3v) is 4.53. The molecular formula is C15H15F2NO2S. The quantitative estimate of drug-likeness (QED) is 0.923. The molecule has 0 fully saturated rings. The topological polar surface area (TPSA) is 46.2 Å². The number of halogens is 2. The largest absolute Gasteiger partial charge is 0.240 e. The van der Waals surface area contributed by atoms with E-state index >= 15 is 0 Å². The van der Waals surface area contributed by atoms with E-state index in [-0.39, 0.29) is 23.4 Å². The summed E-state index contributed by atoms with van der Waals surface area (Å²) in [5, 5.41) is 0. The first-order chi connectivity index (χ1) is 9.90. The summed E-state index contributed by atoms with van der Waals surface area (Å²) in [5.41, 5.74) is 1.09. The van der Waals surface area contributed by atoms with Crippen LogP contribution in [-0.4, -0.2) is 15.0 Å². The molecule has 2 rings (SSSR count). The Hall–Kier alpha value is -1.79. The third-order valence-electron chi connectivity index (χ3n) is 3.05. The minimum absolute atomic E-state index is 0.00339. The molecule has 2 aromatic rings. The van der Waals surface area contributed by atoms with Crippen LogP contribution < -0.4 is 4.72 Å². The normalized spacial score (nSPS) is 11.6. The highest BCUT2D eigenvalue weighted by Crippen LogP contribution is 2.13. The van der Waals surface area contributed by atoms with Crippen LogP contribution in [-0.2, 0) is 16.4 Å². The summed E-state index contributed by atoms with van der Waals surface area (Å²) in [5.74, 6) is -1.87. The van der Waals surface area contributed by atoms with Gasteiger partial charge in [-0.05, 0) is 37.1 Å². The summed E-state index contributed by atoms with van der Waals surface area (Å²) in [6.07, 6.45) is 0.0781. The van der Waals surface area contributed by atoms with E-state index in [1.54, 1.807) is 12.1 Å². The molecular weight excluding hydrogens is 296 g/mol. The van der Waals surface area contributed by atoms with Crippen molar-refractivity contribution < 1.29 is 17.2 Å². The zero-order valence-electron chi connectivity index (χ0n) is 11.4. The van der Waals surface area contributed by atoms with Crippen molar-refractivity contribution in [3.05, 3.63) is 65.2 Å². The molecule has 21 heavy (non-hydrogen) atoms. The number of rotatable bonds is 5. The molecule has 0 aliphatic rings. The van der Waals surface area contributed by atoms with Crippen molar-refractivity contribution in [2.75, 3.05) is 6.54 Å². The highest BCUT2D eigenvalue weighted by molar-refractivity contribution is 7.89. The summed E-state index contributed by atoms with van der Waals surface area (Å²) < 4.78 is 52.9. The van der Waals surface area contributed by atoms with E-state index < -0.39 is 21.7 Å². The Labute approximate surface area is 122 Å². The first kappa shape index (κ1) is 15.6. The number of nitrogens with one attached hydrogen (secondary N) is 1. The molecule has 0 radical (unpaired) electrons. The Morgan fingerprint density at radius 2 is 1.71 bits per heavy atom. The van der Waals surface area contributed by atoms with Gasteiger partial charge in [0.05, 0.1) is 4.90 Å². The van der Waals surface area contributed by atoms with E-state index in [2.05, 4.69) is 4.72 Å². The monoisotopic (exact) mass is 311 g/mol. The maximum Gasteiger partial charge on any atom is 0.240 e. The van der Waals surface area contributed by atoms with Gasteiger partial charge in [0.1, 0.15) is 0 Å². The fraction of sp³-hybridized carbons (Fsp3) is 0.200. The molecule has 0 aliphatic heterocycles. The predicted octanol–water partition coefficient (Wildman–Crippen LogP) is 2.79. The number of sulfonamides is 1. The zero-order valence-corrected chi connectivity index (χ0v) is 12.3. The van der Waals surface area contributed by atoms with Crippen molar-refractivity contribution in [3.8, 4) is 0 Å². The van der Waals surface area contributed by atoms with E-state index in [4.69, 9.17) is 0 Å². The first-order valence-corrected chi connectivity index (χ1v) is 7.88. The molecule has 3 nitrogen and oxygen atoms in total. The van der Waals surface area contributed by atoms with Gasteiger partial charge in [-0.15, -0.1) is 0 Å². The van der Waals surface area contributed by atoms with Crippen molar-refractivity contribution in [3.63, 3.8) is 0 Å². The second-order valence-corrected chi connectivity index (χ2v) is 6.44. The van der Waals surface area contributed by atoms with Crippen molar-refractivity contribution >= 4 is 10.0 Å². The molecule has 0 aromatic heterocycles. The van der Waals surface area contributed by atoms with E-state index in [1.165, 1.54) is 24.3 Å². The number of hydrogen-bond acceptors (Lipinski definition) is 2. The predicted molar refractivity (Wildman–Crippen MR) is 76.4 cm³/mol. The molecule has 0 bridgehead atoms. The van der Waals surface area contributed by atoms with Crippen molar-refractivity contribution in [1.29, 1.82) is 0 Å². The van der Waals surface area contributed by atoms with Crippen LogP contribution in [0.1, 0.15) is 11.1 Å². The second kappa shape index (κ2) is 6.32. The molecule has 0 atom stereocenters. The van der Waals surface area contributed by atoms with Gasteiger partial charge in [-0.2, -0.15) is 0 Å². The first-order valence-electron chi connectivity index (χ1n) is 6.39. The smallest absolute Gasteiger partial charge is 0.211 e. The Balaban J connectivity index is 2.02. The van der Waals surface area contributed by atoms with Gasteiger partial charge in [-0.25, -0.2) is 21.9 Å². The lowest BCUT2D eigenvalue weighted by Crippen LogP contribution is -2.26. The highest BCUT2D eigenvalue weighted by Gasteiger charge is 2.14. The van der Waals surface area contributed by atoms with Crippen LogP contribution in [0.3, 0.4) is 0 Å². The zero-order chi connectivity index (χ0) is 15.5. The molecule has 1 N–H and O–H groups in total. The lowest BCUT2D eigenvalue weighted by Gasteiger charge is -2.08. The van der Waals surface area contributed by atoms with Gasteiger partial charge < -0.3 is 0 Å². The van der Waals surface area contributed by atoms with E-state index in [1.807, 2.05) is 6.92 Å². The molecule has 0 amide bonds. The number of benzene rings is 2. The average Bonchev–Trinajstić information content (AvgIpc) is 2.44. The van der Waals surface area contributed by atoms with E-state index in [0.29, 0.717) is 0 Å². The Kier molecular flexibility index (Phi) is 4.69. The lowest BCUT2D eigenvalue weighted by atomic mass is 10.1. The summed E-state index contributed by atoms with van der Waals surface area (Å²) in [6, 6.07) is 10.2. The van der Waals surface area contributed by atoms with Crippen LogP contribution in [0.2, 0.25) is 0 Å². The molecule has 0 heterocycles. The molecule has 112 valence electrons. The Morgan fingerprint density at radius 1 is 1.05 bits per heavy atom. The standard InChI is InChI=1S/C15H15F2NO2S/c1-11-5-7-13(8-6-11)21(19,20)18-10-9-12-3-2-4-14(16)15(12)17/h2-8,18H,9-10H2,1H3. The van der Waals surface area contributed by atoms with Crippen LogP contribution >= 0.6 is 0 Å².